The van der Waals surface area contributed by atoms with E-state index in [0.29, 0.717) is 11.8 Å². The summed E-state index contributed by atoms with van der Waals surface area (Å²) < 4.78 is 5.95. The van der Waals surface area contributed by atoms with Gasteiger partial charge in [0.15, 0.2) is 0 Å². The van der Waals surface area contributed by atoms with Crippen LogP contribution in [0.15, 0.2) is 29.3 Å². The van der Waals surface area contributed by atoms with Crippen molar-refractivity contribution < 1.29 is 4.74 Å². The van der Waals surface area contributed by atoms with E-state index in [1.807, 2.05) is 12.1 Å². The number of hydrogen-bond acceptors (Lipinski definition) is 3. The number of nitrogens with zero attached hydrogens (tertiary/aromatic N) is 1. The number of aliphatic imine (C=N–C) groups is 1. The Morgan fingerprint density at radius 1 is 1.22 bits per heavy atom. The Morgan fingerprint density at radius 2 is 1.87 bits per heavy atom. The zero-order valence-electron chi connectivity index (χ0n) is 14.7. The van der Waals surface area contributed by atoms with Crippen LogP contribution >= 0.6 is 11.2 Å². The van der Waals surface area contributed by atoms with Crippen molar-refractivity contribution in [3.05, 3.63) is 29.8 Å². The molecule has 0 spiro atoms. The summed E-state index contributed by atoms with van der Waals surface area (Å²) in [5.41, 5.74) is 2.14. The molecule has 0 heterocycles. The maximum absolute atomic E-state index is 5.95. The Balaban J connectivity index is 2.07. The quantitative estimate of drug-likeness (QED) is 0.299. The highest BCUT2D eigenvalue weighted by Gasteiger charge is 2.16. The summed E-state index contributed by atoms with van der Waals surface area (Å²) in [5, 5.41) is 3.21. The summed E-state index contributed by atoms with van der Waals surface area (Å²) in [6, 6.07) is 8.17. The van der Waals surface area contributed by atoms with Crippen LogP contribution in [0, 0.1) is 24.0 Å². The van der Waals surface area contributed by atoms with Gasteiger partial charge in [0, 0.05) is 5.92 Å². The molecule has 0 aromatic heterocycles. The van der Waals surface area contributed by atoms with Crippen LogP contribution in [0.1, 0.15) is 31.2 Å². The molecule has 0 unspecified atom stereocenters. The molecule has 124 valence electrons. The van der Waals surface area contributed by atoms with Gasteiger partial charge in [0.2, 0.25) is 0 Å². The molecule has 0 radical (unpaired) electrons. The second-order valence-electron chi connectivity index (χ2n) is 7.16. The van der Waals surface area contributed by atoms with Crippen molar-refractivity contribution in [3.63, 3.8) is 0 Å². The maximum atomic E-state index is 5.95. The smallest absolute Gasteiger partial charge is 0.269 e. The zero-order chi connectivity index (χ0) is 16.7. The van der Waals surface area contributed by atoms with E-state index in [9.17, 15) is 0 Å². The lowest BCUT2D eigenvalue weighted by molar-refractivity contribution is 0.244. The van der Waals surface area contributed by atoms with Gasteiger partial charge in [0.25, 0.3) is 5.90 Å². The van der Waals surface area contributed by atoms with Crippen LogP contribution in [0.25, 0.3) is 0 Å². The number of rotatable bonds is 4. The highest BCUT2D eigenvalue weighted by Crippen LogP contribution is 2.25. The molecule has 2 nitrogen and oxygen atoms in total. The molecular formula is C19H27NOSSi. The van der Waals surface area contributed by atoms with Gasteiger partial charge >= 0.3 is 0 Å². The minimum atomic E-state index is -1.24. The molecule has 1 saturated carbocycles. The Hall–Kier alpha value is -1.18. The molecule has 0 saturated heterocycles. The van der Waals surface area contributed by atoms with Crippen molar-refractivity contribution in [1.82, 2.24) is 0 Å². The largest absolute Gasteiger partial charge is 0.471 e. The molecule has 1 aliphatic rings. The van der Waals surface area contributed by atoms with Crippen LogP contribution in [-0.2, 0) is 4.74 Å². The Labute approximate surface area is 145 Å². The number of hydrogen-bond donors (Lipinski definition) is 0. The molecule has 0 amide bonds. The molecule has 4 heteroatoms. The van der Waals surface area contributed by atoms with Gasteiger partial charge in [-0.2, -0.15) is 0 Å². The number of aryl methyl sites for hydroxylation is 1. The van der Waals surface area contributed by atoms with Gasteiger partial charge in [-0.05, 0) is 43.1 Å². The van der Waals surface area contributed by atoms with Gasteiger partial charge < -0.3 is 4.74 Å². The van der Waals surface area contributed by atoms with Gasteiger partial charge in [-0.3, -0.25) is 0 Å². The molecule has 0 N–H and O–H groups in total. The van der Waals surface area contributed by atoms with E-state index >= 15 is 0 Å². The lowest BCUT2D eigenvalue weighted by Gasteiger charge is -2.11. The average Bonchev–Trinajstić information content (AvgIpc) is 2.99. The van der Waals surface area contributed by atoms with Crippen molar-refractivity contribution in [2.75, 3.05) is 6.61 Å². The van der Waals surface area contributed by atoms with Crippen molar-refractivity contribution >= 4 is 30.0 Å². The molecule has 1 aromatic carbocycles. The Bertz CT molecular complexity index is 587. The summed E-state index contributed by atoms with van der Waals surface area (Å²) in [4.78, 5) is 4.60. The molecule has 0 aliphatic heterocycles. The van der Waals surface area contributed by atoms with E-state index in [2.05, 4.69) is 54.9 Å². The zero-order valence-corrected chi connectivity index (χ0v) is 16.5. The maximum Gasteiger partial charge on any atom is 0.269 e. The molecule has 0 atom stereocenters. The molecule has 2 rings (SSSR count). The fourth-order valence-electron chi connectivity index (χ4n) is 2.43. The van der Waals surface area contributed by atoms with Gasteiger partial charge in [0.05, 0.1) is 12.3 Å². The molecule has 1 aliphatic carbocycles. The fourth-order valence-corrected chi connectivity index (χ4v) is 3.95. The van der Waals surface area contributed by atoms with Crippen molar-refractivity contribution in [2.24, 2.45) is 10.9 Å². The number of ether oxygens (including phenoxy) is 1. The fraction of sp³-hybridized carbons (Fsp3) is 0.526. The van der Waals surface area contributed by atoms with E-state index in [4.69, 9.17) is 4.74 Å². The monoisotopic (exact) mass is 345 g/mol. The third-order valence-electron chi connectivity index (χ3n) is 3.71. The predicted molar refractivity (Wildman–Crippen MR) is 105 cm³/mol. The van der Waals surface area contributed by atoms with E-state index in [1.54, 1.807) is 11.2 Å². The molecule has 1 aromatic rings. The Kier molecular flexibility index (Phi) is 6.80. The first-order valence-electron chi connectivity index (χ1n) is 8.39. The predicted octanol–water partition coefficient (Wildman–Crippen LogP) is 5.76. The molecule has 23 heavy (non-hydrogen) atoms. The number of benzene rings is 1. The standard InChI is InChI=1S/C19H27NOSSi/c1-16-9-11-18(12-10-16)20-19(13-14-22-23(2,3)4)21-15-17-7-5-6-8-17/h9-12,17H,5-8,15H2,1-4H3. The molecular weight excluding hydrogens is 318 g/mol. The SMILES string of the molecule is Cc1ccc(N=C(C#CS[Si](C)(C)C)OCC2CCCC2)cc1. The van der Waals surface area contributed by atoms with Crippen LogP contribution in [0.3, 0.4) is 0 Å². The second-order valence-corrected chi connectivity index (χ2v) is 16.1. The molecule has 1 fully saturated rings. The van der Waals surface area contributed by atoms with Crippen LogP contribution in [0.2, 0.25) is 19.6 Å². The highest BCUT2D eigenvalue weighted by atomic mass is 32.4. The summed E-state index contributed by atoms with van der Waals surface area (Å²) in [7, 11) is -1.24. The van der Waals surface area contributed by atoms with Gasteiger partial charge in [-0.1, -0.05) is 50.2 Å². The van der Waals surface area contributed by atoms with E-state index in [-0.39, 0.29) is 0 Å². The third-order valence-corrected chi connectivity index (χ3v) is 6.67. The van der Waals surface area contributed by atoms with E-state index in [1.165, 1.54) is 31.2 Å². The first-order chi connectivity index (χ1) is 10.9. The third kappa shape index (κ3) is 7.28. The first kappa shape index (κ1) is 18.2. The van der Waals surface area contributed by atoms with Crippen molar-refractivity contribution in [2.45, 2.75) is 52.2 Å². The molecule has 0 bridgehead atoms. The second kappa shape index (κ2) is 8.61. The normalized spacial score (nSPS) is 16.1. The highest BCUT2D eigenvalue weighted by molar-refractivity contribution is 8.32. The summed E-state index contributed by atoms with van der Waals surface area (Å²) in [6.45, 7) is 9.71. The lowest BCUT2D eigenvalue weighted by Crippen LogP contribution is -2.13. The summed E-state index contributed by atoms with van der Waals surface area (Å²) in [6.07, 6.45) is 5.20. The summed E-state index contributed by atoms with van der Waals surface area (Å²) in [5.74, 6) is 4.37. The van der Waals surface area contributed by atoms with Crippen molar-refractivity contribution in [3.8, 4) is 11.2 Å². The van der Waals surface area contributed by atoms with Crippen LogP contribution in [-0.4, -0.2) is 19.7 Å². The minimum Gasteiger partial charge on any atom is -0.471 e. The van der Waals surface area contributed by atoms with Crippen LogP contribution in [0.5, 0.6) is 0 Å². The van der Waals surface area contributed by atoms with Gasteiger partial charge in [-0.25, -0.2) is 4.99 Å². The minimum absolute atomic E-state index is 0.562. The lowest BCUT2D eigenvalue weighted by atomic mass is 10.1. The van der Waals surface area contributed by atoms with Crippen LogP contribution < -0.4 is 0 Å². The van der Waals surface area contributed by atoms with Crippen molar-refractivity contribution in [1.29, 1.82) is 0 Å². The first-order valence-corrected chi connectivity index (χ1v) is 13.4. The topological polar surface area (TPSA) is 21.6 Å². The van der Waals surface area contributed by atoms with Crippen LogP contribution in [0.4, 0.5) is 5.69 Å². The Morgan fingerprint density at radius 3 is 2.48 bits per heavy atom. The summed E-state index contributed by atoms with van der Waals surface area (Å²) >= 11 is 1.75. The van der Waals surface area contributed by atoms with Gasteiger partial charge in [-0.15, -0.1) is 11.2 Å². The van der Waals surface area contributed by atoms with E-state index < -0.39 is 7.22 Å². The average molecular weight is 346 g/mol. The van der Waals surface area contributed by atoms with Gasteiger partial charge in [0.1, 0.15) is 7.22 Å². The van der Waals surface area contributed by atoms with E-state index in [0.717, 1.165) is 12.3 Å².